The molecule has 148 valence electrons. The monoisotopic (exact) mass is 374 g/mol. The average molecular weight is 374 g/mol. The van der Waals surface area contributed by atoms with Gasteiger partial charge in [-0.05, 0) is 73.1 Å². The largest absolute Gasteiger partial charge is 0.504 e. The molecule has 0 aromatic heterocycles. The zero-order valence-electron chi connectivity index (χ0n) is 16.3. The van der Waals surface area contributed by atoms with Crippen LogP contribution in [-0.4, -0.2) is 38.0 Å². The zero-order chi connectivity index (χ0) is 18.6. The molecular weight excluding hydrogens is 344 g/mol. The third kappa shape index (κ3) is 2.48. The lowest BCUT2D eigenvalue weighted by Crippen LogP contribution is -2.51. The Morgan fingerprint density at radius 3 is 2.74 bits per heavy atom. The van der Waals surface area contributed by atoms with E-state index in [9.17, 15) is 5.11 Å². The van der Waals surface area contributed by atoms with Crippen molar-refractivity contribution in [1.82, 2.24) is 0 Å². The van der Waals surface area contributed by atoms with E-state index in [-0.39, 0.29) is 23.7 Å². The first-order chi connectivity index (χ1) is 13.1. The molecule has 1 aromatic carbocycles. The lowest BCUT2D eigenvalue weighted by molar-refractivity contribution is -0.237. The van der Waals surface area contributed by atoms with Crippen molar-refractivity contribution >= 4 is 0 Å². The molecule has 1 aliphatic heterocycles. The molecule has 5 heteroatoms. The predicted molar refractivity (Wildman–Crippen MR) is 99.9 cm³/mol. The normalized spacial score (nSPS) is 36.3. The Morgan fingerprint density at radius 1 is 1.15 bits per heavy atom. The van der Waals surface area contributed by atoms with Crippen molar-refractivity contribution in [1.29, 1.82) is 0 Å². The summed E-state index contributed by atoms with van der Waals surface area (Å²) in [5, 5.41) is 10.5. The highest BCUT2D eigenvalue weighted by Gasteiger charge is 2.65. The summed E-state index contributed by atoms with van der Waals surface area (Å²) >= 11 is 0. The van der Waals surface area contributed by atoms with E-state index >= 15 is 0 Å². The zero-order valence-corrected chi connectivity index (χ0v) is 16.3. The lowest BCUT2D eigenvalue weighted by Gasteiger charge is -2.52. The van der Waals surface area contributed by atoms with Crippen LogP contribution in [-0.2, 0) is 20.6 Å². The fourth-order valence-electron chi connectivity index (χ4n) is 6.71. The van der Waals surface area contributed by atoms with Gasteiger partial charge in [0.25, 0.3) is 0 Å². The number of rotatable bonds is 3. The summed E-state index contributed by atoms with van der Waals surface area (Å²) in [4.78, 5) is 0. The van der Waals surface area contributed by atoms with Gasteiger partial charge in [-0.15, -0.1) is 0 Å². The molecule has 5 rings (SSSR count). The molecular formula is C22H30O5. The van der Waals surface area contributed by atoms with E-state index in [2.05, 4.69) is 6.92 Å². The van der Waals surface area contributed by atoms with Crippen molar-refractivity contribution in [2.45, 2.75) is 57.2 Å². The summed E-state index contributed by atoms with van der Waals surface area (Å²) in [6, 6.07) is 3.97. The van der Waals surface area contributed by atoms with Crippen molar-refractivity contribution in [2.75, 3.05) is 27.1 Å². The van der Waals surface area contributed by atoms with Gasteiger partial charge in [-0.1, -0.05) is 6.92 Å². The molecule has 1 aromatic rings. The number of fused-ring (bicyclic) bond motifs is 6. The van der Waals surface area contributed by atoms with E-state index in [0.29, 0.717) is 23.5 Å². The average Bonchev–Trinajstić information content (AvgIpc) is 3.26. The van der Waals surface area contributed by atoms with Gasteiger partial charge >= 0.3 is 0 Å². The molecule has 4 atom stereocenters. The molecule has 27 heavy (non-hydrogen) atoms. The minimum Gasteiger partial charge on any atom is -0.504 e. The lowest BCUT2D eigenvalue weighted by atomic mass is 9.55. The number of aryl methyl sites for hydroxylation is 1. The number of hydrogen-bond donors (Lipinski definition) is 1. The topological polar surface area (TPSA) is 57.2 Å². The van der Waals surface area contributed by atoms with E-state index in [1.807, 2.05) is 12.1 Å². The van der Waals surface area contributed by atoms with Crippen molar-refractivity contribution in [3.8, 4) is 11.5 Å². The van der Waals surface area contributed by atoms with Gasteiger partial charge in [0.2, 0.25) is 0 Å². The number of aromatic hydroxyl groups is 1. The number of phenolic OH excluding ortho intramolecular Hbond substituents is 1. The maximum Gasteiger partial charge on any atom is 0.188 e. The van der Waals surface area contributed by atoms with Crippen LogP contribution in [0.5, 0.6) is 11.5 Å². The summed E-state index contributed by atoms with van der Waals surface area (Å²) in [7, 11) is 1.59. The molecule has 0 amide bonds. The first-order valence-electron chi connectivity index (χ1n) is 10.3. The SMILES string of the molecule is COCOc1cc2c(cc1O)[C@H]1CC[C@@]3(C)[C@@H](CCC34OCCO4)[C@@H]1CC2. The molecule has 0 radical (unpaired) electrons. The molecule has 4 aliphatic rings. The van der Waals surface area contributed by atoms with Gasteiger partial charge in [-0.3, -0.25) is 0 Å². The Labute approximate surface area is 160 Å². The third-order valence-electron chi connectivity index (χ3n) is 7.93. The Morgan fingerprint density at radius 2 is 1.96 bits per heavy atom. The van der Waals surface area contributed by atoms with Gasteiger partial charge in [0.05, 0.1) is 13.2 Å². The minimum atomic E-state index is -0.344. The van der Waals surface area contributed by atoms with Crippen LogP contribution in [0, 0.1) is 17.3 Å². The molecule has 1 saturated heterocycles. The molecule has 1 heterocycles. The van der Waals surface area contributed by atoms with Crippen LogP contribution in [0.4, 0.5) is 0 Å². The van der Waals surface area contributed by atoms with Crippen molar-refractivity contribution in [3.05, 3.63) is 23.3 Å². The van der Waals surface area contributed by atoms with Crippen LogP contribution in [0.3, 0.4) is 0 Å². The number of phenols is 1. The summed E-state index contributed by atoms with van der Waals surface area (Å²) < 4.78 is 22.9. The summed E-state index contributed by atoms with van der Waals surface area (Å²) in [6.07, 6.45) is 6.72. The number of hydrogen-bond acceptors (Lipinski definition) is 5. The maximum absolute atomic E-state index is 10.5. The molecule has 0 unspecified atom stereocenters. The van der Waals surface area contributed by atoms with E-state index in [1.165, 1.54) is 24.0 Å². The summed E-state index contributed by atoms with van der Waals surface area (Å²) in [5.41, 5.74) is 2.76. The smallest absolute Gasteiger partial charge is 0.188 e. The second-order valence-electron chi connectivity index (χ2n) is 8.93. The standard InChI is InChI=1S/C22H30O5/c1-21-7-5-15-16(18(21)6-8-22(21)26-9-10-27-22)4-3-14-11-20(25-13-24-2)19(23)12-17(14)15/h11-12,15-16,18,23H,3-10,13H2,1-2H3/t15-,16+,18-,21-/m0/s1. The number of ether oxygens (including phenoxy) is 4. The highest BCUT2D eigenvalue weighted by atomic mass is 16.7. The molecule has 3 fully saturated rings. The van der Waals surface area contributed by atoms with Crippen molar-refractivity contribution in [3.63, 3.8) is 0 Å². The maximum atomic E-state index is 10.5. The Bertz CT molecular complexity index is 726. The van der Waals surface area contributed by atoms with Crippen LogP contribution in [0.25, 0.3) is 0 Å². The summed E-state index contributed by atoms with van der Waals surface area (Å²) in [5.74, 6) is 2.21. The van der Waals surface area contributed by atoms with Crippen LogP contribution in [0.2, 0.25) is 0 Å². The third-order valence-corrected chi connectivity index (χ3v) is 7.93. The second-order valence-corrected chi connectivity index (χ2v) is 8.93. The van der Waals surface area contributed by atoms with Crippen molar-refractivity contribution in [2.24, 2.45) is 17.3 Å². The Kier molecular flexibility index (Phi) is 4.19. The quantitative estimate of drug-likeness (QED) is 0.811. The minimum absolute atomic E-state index is 0.117. The highest BCUT2D eigenvalue weighted by molar-refractivity contribution is 5.49. The fraction of sp³-hybridized carbons (Fsp3) is 0.727. The van der Waals surface area contributed by atoms with Crippen LogP contribution >= 0.6 is 0 Å². The van der Waals surface area contributed by atoms with E-state index in [4.69, 9.17) is 18.9 Å². The van der Waals surface area contributed by atoms with Gasteiger partial charge in [0, 0.05) is 18.9 Å². The van der Waals surface area contributed by atoms with Crippen LogP contribution < -0.4 is 4.74 Å². The predicted octanol–water partition coefficient (Wildman–Crippen LogP) is 3.97. The fourth-order valence-corrected chi connectivity index (χ4v) is 6.71. The van der Waals surface area contributed by atoms with E-state index in [0.717, 1.165) is 38.9 Å². The molecule has 1 spiro atoms. The number of methoxy groups -OCH3 is 1. The summed E-state index contributed by atoms with van der Waals surface area (Å²) in [6.45, 7) is 4.02. The van der Waals surface area contributed by atoms with Gasteiger partial charge in [-0.2, -0.15) is 0 Å². The number of benzene rings is 1. The second kappa shape index (κ2) is 6.36. The van der Waals surface area contributed by atoms with Crippen LogP contribution in [0.1, 0.15) is 56.1 Å². The first-order valence-corrected chi connectivity index (χ1v) is 10.3. The van der Waals surface area contributed by atoms with Gasteiger partial charge < -0.3 is 24.1 Å². The highest BCUT2D eigenvalue weighted by Crippen LogP contribution is 2.66. The molecule has 3 aliphatic carbocycles. The molecule has 0 bridgehead atoms. The molecule has 5 nitrogen and oxygen atoms in total. The molecule has 2 saturated carbocycles. The van der Waals surface area contributed by atoms with Crippen molar-refractivity contribution < 1.29 is 24.1 Å². The van der Waals surface area contributed by atoms with E-state index in [1.54, 1.807) is 7.11 Å². The van der Waals surface area contributed by atoms with Gasteiger partial charge in [0.15, 0.2) is 24.1 Å². The van der Waals surface area contributed by atoms with E-state index < -0.39 is 0 Å². The van der Waals surface area contributed by atoms with Crippen LogP contribution in [0.15, 0.2) is 12.1 Å². The Balaban J connectivity index is 1.45. The van der Waals surface area contributed by atoms with Gasteiger partial charge in [-0.25, -0.2) is 0 Å². The Hall–Kier alpha value is -1.30. The first kappa shape index (κ1) is 17.8. The molecule has 1 N–H and O–H groups in total. The van der Waals surface area contributed by atoms with Gasteiger partial charge in [0.1, 0.15) is 0 Å².